The summed E-state index contributed by atoms with van der Waals surface area (Å²) in [5, 5.41) is 0. The molecule has 0 aromatic rings. The van der Waals surface area contributed by atoms with Crippen LogP contribution in [0.5, 0.6) is 0 Å². The van der Waals surface area contributed by atoms with Crippen LogP contribution >= 0.6 is 23.2 Å². The summed E-state index contributed by atoms with van der Waals surface area (Å²) in [4.78, 5) is 0. The van der Waals surface area contributed by atoms with E-state index < -0.39 is 8.80 Å². The van der Waals surface area contributed by atoms with Crippen molar-refractivity contribution in [2.45, 2.75) is 6.04 Å². The maximum Gasteiger partial charge on any atom is 0.500 e. The molecule has 0 N–H and O–H groups in total. The van der Waals surface area contributed by atoms with Gasteiger partial charge in [0.15, 0.2) is 0 Å². The Hall–Kier alpha value is 0.677. The van der Waals surface area contributed by atoms with Crippen molar-refractivity contribution in [3.63, 3.8) is 0 Å². The molecule has 13 heavy (non-hydrogen) atoms. The van der Waals surface area contributed by atoms with Crippen LogP contribution in [0.15, 0.2) is 0 Å². The van der Waals surface area contributed by atoms with Gasteiger partial charge in [0.05, 0.1) is 0 Å². The van der Waals surface area contributed by atoms with Gasteiger partial charge in [0, 0.05) is 39.1 Å². The van der Waals surface area contributed by atoms with Crippen molar-refractivity contribution in [3.05, 3.63) is 0 Å². The minimum Gasteiger partial charge on any atom is -0.377 e. The third kappa shape index (κ3) is 4.14. The molecule has 0 rings (SSSR count). The van der Waals surface area contributed by atoms with Gasteiger partial charge < -0.3 is 13.3 Å². The summed E-state index contributed by atoms with van der Waals surface area (Å²) in [6, 6.07) is 0.656. The molecular weight excluding hydrogens is 231 g/mol. The van der Waals surface area contributed by atoms with Crippen LogP contribution in [0, 0.1) is 5.92 Å². The normalized spacial score (nSPS) is 12.5. The zero-order valence-corrected chi connectivity index (χ0v) is 10.7. The van der Waals surface area contributed by atoms with Crippen molar-refractivity contribution in [1.29, 1.82) is 0 Å². The average molecular weight is 247 g/mol. The van der Waals surface area contributed by atoms with Crippen molar-refractivity contribution in [3.8, 4) is 0 Å². The molecular formula is C7H16Cl2O3Si. The zero-order chi connectivity index (χ0) is 10.3. The Bertz CT molecular complexity index is 121. The van der Waals surface area contributed by atoms with Gasteiger partial charge in [0.1, 0.15) is 0 Å². The SMILES string of the molecule is CO[Si](CC(CCl)CCl)(OC)OC. The number of rotatable bonds is 7. The topological polar surface area (TPSA) is 27.7 Å². The maximum atomic E-state index is 5.72. The Labute approximate surface area is 90.6 Å². The molecule has 0 aromatic carbocycles. The highest BCUT2D eigenvalue weighted by Gasteiger charge is 2.39. The Balaban J connectivity index is 4.21. The lowest BCUT2D eigenvalue weighted by Crippen LogP contribution is -2.45. The van der Waals surface area contributed by atoms with Crippen LogP contribution in [-0.2, 0) is 13.3 Å². The van der Waals surface area contributed by atoms with E-state index in [4.69, 9.17) is 36.5 Å². The van der Waals surface area contributed by atoms with E-state index in [1.165, 1.54) is 0 Å². The van der Waals surface area contributed by atoms with Gasteiger partial charge in [-0.05, 0) is 5.92 Å². The molecule has 0 unspecified atom stereocenters. The van der Waals surface area contributed by atoms with Crippen LogP contribution < -0.4 is 0 Å². The molecule has 0 saturated carbocycles. The molecule has 0 amide bonds. The first-order valence-electron chi connectivity index (χ1n) is 3.95. The van der Waals surface area contributed by atoms with E-state index in [9.17, 15) is 0 Å². The third-order valence-electron chi connectivity index (χ3n) is 1.91. The predicted octanol–water partition coefficient (Wildman–Crippen LogP) is 1.96. The smallest absolute Gasteiger partial charge is 0.377 e. The quantitative estimate of drug-likeness (QED) is 0.508. The molecule has 0 aliphatic rings. The molecule has 3 nitrogen and oxygen atoms in total. The van der Waals surface area contributed by atoms with E-state index in [0.29, 0.717) is 17.8 Å². The lowest BCUT2D eigenvalue weighted by molar-refractivity contribution is 0.120. The van der Waals surface area contributed by atoms with Crippen molar-refractivity contribution in [1.82, 2.24) is 0 Å². The van der Waals surface area contributed by atoms with Crippen LogP contribution in [0.25, 0.3) is 0 Å². The maximum absolute atomic E-state index is 5.72. The van der Waals surface area contributed by atoms with E-state index in [0.717, 1.165) is 0 Å². The standard InChI is InChI=1S/C7H16Cl2O3Si/c1-10-13(11-2,12-3)6-7(4-8)5-9/h7H,4-6H2,1-3H3. The first-order chi connectivity index (χ1) is 6.17. The molecule has 80 valence electrons. The van der Waals surface area contributed by atoms with Crippen LogP contribution in [0.3, 0.4) is 0 Å². The van der Waals surface area contributed by atoms with E-state index in [1.54, 1.807) is 21.3 Å². The van der Waals surface area contributed by atoms with Crippen molar-refractivity contribution >= 4 is 32.0 Å². The second-order valence-electron chi connectivity index (χ2n) is 2.67. The number of hydrogen-bond acceptors (Lipinski definition) is 3. The second kappa shape index (κ2) is 7.03. The molecule has 0 saturated heterocycles. The predicted molar refractivity (Wildman–Crippen MR) is 56.5 cm³/mol. The van der Waals surface area contributed by atoms with Gasteiger partial charge in [-0.2, -0.15) is 0 Å². The van der Waals surface area contributed by atoms with Gasteiger partial charge in [-0.25, -0.2) is 0 Å². The van der Waals surface area contributed by atoms with Gasteiger partial charge in [0.25, 0.3) is 0 Å². The van der Waals surface area contributed by atoms with Crippen molar-refractivity contribution in [2.24, 2.45) is 5.92 Å². The third-order valence-corrected chi connectivity index (χ3v) is 5.72. The van der Waals surface area contributed by atoms with E-state index >= 15 is 0 Å². The molecule has 0 bridgehead atoms. The van der Waals surface area contributed by atoms with Gasteiger partial charge in [-0.3, -0.25) is 0 Å². The molecule has 6 heteroatoms. The fraction of sp³-hybridized carbons (Fsp3) is 1.00. The highest BCUT2D eigenvalue weighted by atomic mass is 35.5. The van der Waals surface area contributed by atoms with E-state index in [2.05, 4.69) is 0 Å². The first kappa shape index (κ1) is 13.7. The highest BCUT2D eigenvalue weighted by molar-refractivity contribution is 6.60. The molecule has 0 heterocycles. The lowest BCUT2D eigenvalue weighted by atomic mass is 10.3. The highest BCUT2D eigenvalue weighted by Crippen LogP contribution is 2.21. The molecule has 0 fully saturated rings. The molecule has 0 aliphatic heterocycles. The summed E-state index contributed by atoms with van der Waals surface area (Å²) in [6.45, 7) is 0. The summed E-state index contributed by atoms with van der Waals surface area (Å²) >= 11 is 11.4. The number of halogens is 2. The Morgan fingerprint density at radius 1 is 1.00 bits per heavy atom. The second-order valence-corrected chi connectivity index (χ2v) is 6.29. The largest absolute Gasteiger partial charge is 0.500 e. The fourth-order valence-electron chi connectivity index (χ4n) is 1.00. The first-order valence-corrected chi connectivity index (χ1v) is 6.95. The van der Waals surface area contributed by atoms with Crippen molar-refractivity contribution in [2.75, 3.05) is 33.1 Å². The summed E-state index contributed by atoms with van der Waals surface area (Å²) < 4.78 is 15.7. The summed E-state index contributed by atoms with van der Waals surface area (Å²) in [6.07, 6.45) is 0. The number of hydrogen-bond donors (Lipinski definition) is 0. The summed E-state index contributed by atoms with van der Waals surface area (Å²) in [5.74, 6) is 1.16. The molecule has 0 aliphatic carbocycles. The Morgan fingerprint density at radius 2 is 1.38 bits per heavy atom. The van der Waals surface area contributed by atoms with Gasteiger partial charge in [0.2, 0.25) is 0 Å². The Morgan fingerprint density at radius 3 is 1.62 bits per heavy atom. The minimum atomic E-state index is -2.49. The van der Waals surface area contributed by atoms with Crippen LogP contribution in [0.2, 0.25) is 6.04 Å². The molecule has 0 aromatic heterocycles. The van der Waals surface area contributed by atoms with Gasteiger partial charge >= 0.3 is 8.80 Å². The lowest BCUT2D eigenvalue weighted by Gasteiger charge is -2.26. The van der Waals surface area contributed by atoms with E-state index in [-0.39, 0.29) is 5.92 Å². The van der Waals surface area contributed by atoms with E-state index in [1.807, 2.05) is 0 Å². The average Bonchev–Trinajstić information content (AvgIpc) is 2.21. The van der Waals surface area contributed by atoms with Gasteiger partial charge in [-0.15, -0.1) is 23.2 Å². The molecule has 0 radical (unpaired) electrons. The summed E-state index contributed by atoms with van der Waals surface area (Å²) in [5.41, 5.74) is 0. The number of alkyl halides is 2. The molecule has 0 atom stereocenters. The monoisotopic (exact) mass is 246 g/mol. The van der Waals surface area contributed by atoms with Crippen LogP contribution in [0.4, 0.5) is 0 Å². The van der Waals surface area contributed by atoms with Crippen LogP contribution in [0.1, 0.15) is 0 Å². The van der Waals surface area contributed by atoms with Gasteiger partial charge in [-0.1, -0.05) is 0 Å². The minimum absolute atomic E-state index is 0.176. The zero-order valence-electron chi connectivity index (χ0n) is 8.18. The Kier molecular flexibility index (Phi) is 7.40. The fourth-order valence-corrected chi connectivity index (χ4v) is 3.91. The van der Waals surface area contributed by atoms with Crippen LogP contribution in [-0.4, -0.2) is 41.9 Å². The summed E-state index contributed by atoms with van der Waals surface area (Å²) in [7, 11) is 2.25. The molecule has 0 spiro atoms. The van der Waals surface area contributed by atoms with Crippen molar-refractivity contribution < 1.29 is 13.3 Å².